The van der Waals surface area contributed by atoms with Gasteiger partial charge in [-0.2, -0.15) is 0 Å². The first-order chi connectivity index (χ1) is 11.8. The fraction of sp³-hybridized carbons (Fsp3) is 0.944. The molecule has 0 fully saturated rings. The van der Waals surface area contributed by atoms with E-state index in [1.54, 1.807) is 0 Å². The van der Waals surface area contributed by atoms with Crippen LogP contribution in [-0.4, -0.2) is 25.8 Å². The smallest absolute Gasteiger partial charge is 0.466 e. The Hall–Kier alpha value is -0.460. The van der Waals surface area contributed by atoms with Crippen molar-refractivity contribution in [1.29, 1.82) is 0 Å². The average molecular weight is 400 g/mol. The highest BCUT2D eigenvalue weighted by atomic mass is 31.2. The van der Waals surface area contributed by atoms with Crippen molar-refractivity contribution in [3.8, 4) is 0 Å². The lowest BCUT2D eigenvalue weighted by atomic mass is 10.0. The highest BCUT2D eigenvalue weighted by Crippen LogP contribution is 2.25. The molecule has 0 aromatic rings. The lowest BCUT2D eigenvalue weighted by Gasteiger charge is -2.03. The minimum absolute atomic E-state index is 0. The Morgan fingerprint density at radius 3 is 1.12 bits per heavy atom. The number of rotatable bonds is 16. The molecule has 0 radical (unpaired) electrons. The minimum atomic E-state index is -4.64. The van der Waals surface area contributed by atoms with Crippen LogP contribution >= 0.6 is 7.82 Å². The third kappa shape index (κ3) is 43.7. The van der Waals surface area contributed by atoms with Crippen LogP contribution in [0.25, 0.3) is 0 Å². The van der Waals surface area contributed by atoms with Crippen molar-refractivity contribution in [2.24, 2.45) is 0 Å². The van der Waals surface area contributed by atoms with E-state index in [4.69, 9.17) is 24.4 Å². The van der Waals surface area contributed by atoms with E-state index in [0.29, 0.717) is 6.42 Å². The van der Waals surface area contributed by atoms with Gasteiger partial charge in [0, 0.05) is 6.42 Å². The lowest BCUT2D eigenvalue weighted by Crippen LogP contribution is -1.93. The van der Waals surface area contributed by atoms with Crippen LogP contribution in [0.5, 0.6) is 0 Å². The van der Waals surface area contributed by atoms with Gasteiger partial charge < -0.3 is 25.9 Å². The summed E-state index contributed by atoms with van der Waals surface area (Å²) in [5.74, 6) is -0.653. The Labute approximate surface area is 159 Å². The Kier molecular flexibility index (Phi) is 26.3. The topological polar surface area (TPSA) is 150 Å². The van der Waals surface area contributed by atoms with E-state index in [1.807, 2.05) is 0 Å². The highest BCUT2D eigenvalue weighted by Gasteiger charge is 2.00. The van der Waals surface area contributed by atoms with Gasteiger partial charge in [0.2, 0.25) is 0 Å². The second-order valence-corrected chi connectivity index (χ2v) is 7.63. The van der Waals surface area contributed by atoms with E-state index < -0.39 is 13.8 Å². The van der Waals surface area contributed by atoms with Gasteiger partial charge in [-0.1, -0.05) is 96.8 Å². The molecule has 0 aromatic carbocycles. The molecule has 0 atom stereocenters. The average Bonchev–Trinajstić information content (AvgIpc) is 2.49. The number of phosphoric acid groups is 1. The molecule has 0 unspecified atom stereocenters. The van der Waals surface area contributed by atoms with Gasteiger partial charge in [-0.3, -0.25) is 4.79 Å². The first-order valence-corrected chi connectivity index (χ1v) is 11.3. The minimum Gasteiger partial charge on any atom is -0.481 e. The van der Waals surface area contributed by atoms with Crippen molar-refractivity contribution >= 4 is 13.8 Å². The normalized spacial score (nSPS) is 10.6. The van der Waals surface area contributed by atoms with Gasteiger partial charge in [0.15, 0.2) is 0 Å². The van der Waals surface area contributed by atoms with Crippen LogP contribution in [0.1, 0.15) is 110 Å². The van der Waals surface area contributed by atoms with Crippen molar-refractivity contribution in [3.05, 3.63) is 0 Å². The summed E-state index contributed by atoms with van der Waals surface area (Å²) in [5, 5.41) is 8.52. The number of carbonyl (C=O) groups is 1. The zero-order chi connectivity index (χ0) is 19.4. The molecule has 0 saturated carbocycles. The van der Waals surface area contributed by atoms with E-state index in [9.17, 15) is 4.79 Å². The van der Waals surface area contributed by atoms with E-state index in [0.717, 1.165) is 12.8 Å². The highest BCUT2D eigenvalue weighted by molar-refractivity contribution is 7.45. The van der Waals surface area contributed by atoms with E-state index in [2.05, 4.69) is 6.92 Å². The first kappa shape index (κ1) is 30.3. The summed E-state index contributed by atoms with van der Waals surface area (Å²) in [4.78, 5) is 31.9. The largest absolute Gasteiger partial charge is 0.481 e. The molecule has 7 N–H and O–H groups in total. The molecule has 0 rings (SSSR count). The van der Waals surface area contributed by atoms with Crippen LogP contribution in [0.3, 0.4) is 0 Å². The number of aliphatic carboxylic acids is 1. The molecule has 0 aliphatic heterocycles. The molecule has 0 aromatic heterocycles. The Bertz CT molecular complexity index is 327. The van der Waals surface area contributed by atoms with Gasteiger partial charge in [-0.05, 0) is 6.42 Å². The van der Waals surface area contributed by atoms with Crippen molar-refractivity contribution < 1.29 is 29.1 Å². The van der Waals surface area contributed by atoms with Crippen LogP contribution in [0.4, 0.5) is 0 Å². The predicted octanol–water partition coefficient (Wildman–Crippen LogP) is 5.57. The van der Waals surface area contributed by atoms with Gasteiger partial charge in [0.25, 0.3) is 0 Å². The number of hydrogen-bond acceptors (Lipinski definition) is 3. The second-order valence-electron chi connectivity index (χ2n) is 6.61. The lowest BCUT2D eigenvalue weighted by molar-refractivity contribution is -0.137. The number of carboxylic acids is 1. The van der Waals surface area contributed by atoms with Crippen LogP contribution in [0.2, 0.25) is 0 Å². The second kappa shape index (κ2) is 22.6. The predicted molar refractivity (Wildman–Crippen MR) is 106 cm³/mol. The van der Waals surface area contributed by atoms with Gasteiger partial charge in [-0.15, -0.1) is 0 Å². The standard InChI is InChI=1S/C18H36O2.H3N.H3O4P/c1-2-3-4-5-6-7-8-9-10-11-12-13-14-15-16-17-18(19)20;;1-5(2,3)4/h2-17H2,1H3,(H,19,20);1H3;(H3,1,2,3,4). The molecule has 0 aliphatic carbocycles. The third-order valence-corrected chi connectivity index (χ3v) is 3.99. The van der Waals surface area contributed by atoms with Crippen molar-refractivity contribution in [1.82, 2.24) is 6.15 Å². The zero-order valence-corrected chi connectivity index (χ0v) is 17.5. The van der Waals surface area contributed by atoms with Crippen molar-refractivity contribution in [2.45, 2.75) is 110 Å². The van der Waals surface area contributed by atoms with Gasteiger partial charge in [-0.25, -0.2) is 4.57 Å². The van der Waals surface area contributed by atoms with E-state index in [-0.39, 0.29) is 6.15 Å². The molecule has 8 heteroatoms. The Morgan fingerprint density at radius 2 is 0.885 bits per heavy atom. The first-order valence-electron chi connectivity index (χ1n) is 9.77. The number of hydrogen-bond donors (Lipinski definition) is 5. The summed E-state index contributed by atoms with van der Waals surface area (Å²) in [6, 6.07) is 0. The molecule has 0 heterocycles. The number of carboxylic acid groups (broad SMARTS) is 1. The molecular formula is C18H42NO6P. The molecule has 0 saturated heterocycles. The molecular weight excluding hydrogens is 357 g/mol. The summed E-state index contributed by atoms with van der Waals surface area (Å²) in [5.41, 5.74) is 0. The summed E-state index contributed by atoms with van der Waals surface area (Å²) >= 11 is 0. The molecule has 26 heavy (non-hydrogen) atoms. The van der Waals surface area contributed by atoms with Crippen LogP contribution in [0, 0.1) is 0 Å². The molecule has 0 aliphatic rings. The summed E-state index contributed by atoms with van der Waals surface area (Å²) in [6.07, 6.45) is 20.2. The monoisotopic (exact) mass is 399 g/mol. The van der Waals surface area contributed by atoms with Crippen LogP contribution in [0.15, 0.2) is 0 Å². The number of unbranched alkanes of at least 4 members (excludes halogenated alkanes) is 14. The van der Waals surface area contributed by atoms with Gasteiger partial charge in [0.1, 0.15) is 0 Å². The molecule has 0 bridgehead atoms. The van der Waals surface area contributed by atoms with E-state index >= 15 is 0 Å². The van der Waals surface area contributed by atoms with Crippen molar-refractivity contribution in [2.75, 3.05) is 0 Å². The molecule has 0 amide bonds. The van der Waals surface area contributed by atoms with Gasteiger partial charge in [0.05, 0.1) is 0 Å². The Morgan fingerprint density at radius 1 is 0.654 bits per heavy atom. The quantitative estimate of drug-likeness (QED) is 0.168. The van der Waals surface area contributed by atoms with Crippen LogP contribution in [-0.2, 0) is 9.36 Å². The summed E-state index contributed by atoms with van der Waals surface area (Å²) in [7, 11) is -4.64. The summed E-state index contributed by atoms with van der Waals surface area (Å²) < 4.78 is 8.88. The fourth-order valence-corrected chi connectivity index (χ4v) is 2.65. The maximum absolute atomic E-state index is 10.3. The van der Waals surface area contributed by atoms with Crippen molar-refractivity contribution in [3.63, 3.8) is 0 Å². The molecule has 160 valence electrons. The van der Waals surface area contributed by atoms with E-state index in [1.165, 1.54) is 83.5 Å². The molecule has 7 nitrogen and oxygen atoms in total. The maximum atomic E-state index is 10.3. The van der Waals surface area contributed by atoms with Crippen LogP contribution < -0.4 is 6.15 Å². The maximum Gasteiger partial charge on any atom is 0.466 e. The Balaban J connectivity index is -0.000000772. The fourth-order valence-electron chi connectivity index (χ4n) is 2.65. The third-order valence-electron chi connectivity index (χ3n) is 3.99. The van der Waals surface area contributed by atoms with Gasteiger partial charge >= 0.3 is 13.8 Å². The zero-order valence-electron chi connectivity index (χ0n) is 16.6. The summed E-state index contributed by atoms with van der Waals surface area (Å²) in [6.45, 7) is 2.27. The SMILES string of the molecule is CCCCCCCCCCCCCCCCCC(=O)O.N.O=P(O)(O)O. The molecule has 0 spiro atoms.